The zero-order valence-corrected chi connectivity index (χ0v) is 13.7. The second-order valence-corrected chi connectivity index (χ2v) is 6.55. The van der Waals surface area contributed by atoms with Gasteiger partial charge in [-0.2, -0.15) is 0 Å². The molecule has 1 nitrogen and oxygen atoms in total. The lowest BCUT2D eigenvalue weighted by Gasteiger charge is -2.29. The largest absolute Gasteiger partial charge is 0.383 e. The first-order valence-corrected chi connectivity index (χ1v) is 7.92. The monoisotopic (exact) mass is 281 g/mol. The lowest BCUT2D eigenvalue weighted by molar-refractivity contribution is 0.450. The van der Waals surface area contributed by atoms with Gasteiger partial charge in [0.05, 0.1) is 0 Å². The van der Waals surface area contributed by atoms with Crippen LogP contribution >= 0.6 is 0 Å². The molecule has 21 heavy (non-hydrogen) atoms. The summed E-state index contributed by atoms with van der Waals surface area (Å²) in [5, 5.41) is 3.62. The Kier molecular flexibility index (Phi) is 5.06. The standard InChI is InChI=1S/C20H27N/c1-5-17-11-13-19(14-12-17)21-16(2)15-20(3,4)18-9-7-6-8-10-18/h6-14,16,21H,5,15H2,1-4H3. The van der Waals surface area contributed by atoms with Crippen molar-refractivity contribution >= 4 is 5.69 Å². The van der Waals surface area contributed by atoms with Crippen LogP contribution in [0.1, 0.15) is 45.2 Å². The lowest BCUT2D eigenvalue weighted by atomic mass is 9.79. The Morgan fingerprint density at radius 3 is 2.14 bits per heavy atom. The van der Waals surface area contributed by atoms with E-state index in [4.69, 9.17) is 0 Å². The van der Waals surface area contributed by atoms with Gasteiger partial charge < -0.3 is 5.32 Å². The Balaban J connectivity index is 1.98. The minimum atomic E-state index is 0.178. The predicted octanol–water partition coefficient (Wildman–Crippen LogP) is 5.42. The second kappa shape index (κ2) is 6.80. The van der Waals surface area contributed by atoms with Gasteiger partial charge in [0.2, 0.25) is 0 Å². The van der Waals surface area contributed by atoms with E-state index in [1.165, 1.54) is 16.8 Å². The van der Waals surface area contributed by atoms with Crippen molar-refractivity contribution in [2.24, 2.45) is 0 Å². The van der Waals surface area contributed by atoms with Gasteiger partial charge >= 0.3 is 0 Å². The average molecular weight is 281 g/mol. The number of hydrogen-bond donors (Lipinski definition) is 1. The molecule has 0 aromatic heterocycles. The molecule has 0 radical (unpaired) electrons. The number of rotatable bonds is 6. The normalized spacial score (nSPS) is 13.0. The maximum Gasteiger partial charge on any atom is 0.0342 e. The van der Waals surface area contributed by atoms with Crippen LogP contribution in [0.15, 0.2) is 54.6 Å². The molecule has 2 aromatic rings. The molecule has 0 saturated heterocycles. The minimum absolute atomic E-state index is 0.178. The van der Waals surface area contributed by atoms with E-state index in [0.717, 1.165) is 12.8 Å². The first kappa shape index (κ1) is 15.6. The fourth-order valence-corrected chi connectivity index (χ4v) is 2.94. The molecule has 0 aliphatic rings. The smallest absolute Gasteiger partial charge is 0.0342 e. The Labute approximate surface area is 129 Å². The van der Waals surface area contributed by atoms with Crippen LogP contribution in [-0.2, 0) is 11.8 Å². The molecule has 0 aliphatic carbocycles. The Hall–Kier alpha value is -1.76. The molecule has 0 amide bonds. The van der Waals surface area contributed by atoms with Crippen molar-refractivity contribution in [2.45, 2.75) is 52.0 Å². The van der Waals surface area contributed by atoms with Gasteiger partial charge in [0.1, 0.15) is 0 Å². The SMILES string of the molecule is CCc1ccc(NC(C)CC(C)(C)c2ccccc2)cc1. The van der Waals surface area contributed by atoms with E-state index in [-0.39, 0.29) is 5.41 Å². The third kappa shape index (κ3) is 4.35. The summed E-state index contributed by atoms with van der Waals surface area (Å²) in [6.07, 6.45) is 2.20. The van der Waals surface area contributed by atoms with Gasteiger partial charge in [0.25, 0.3) is 0 Å². The van der Waals surface area contributed by atoms with Gasteiger partial charge in [0.15, 0.2) is 0 Å². The highest BCUT2D eigenvalue weighted by molar-refractivity contribution is 5.45. The van der Waals surface area contributed by atoms with E-state index in [2.05, 4.69) is 87.6 Å². The van der Waals surface area contributed by atoms with E-state index in [9.17, 15) is 0 Å². The van der Waals surface area contributed by atoms with Gasteiger partial charge in [-0.3, -0.25) is 0 Å². The van der Waals surface area contributed by atoms with Crippen LogP contribution in [0.2, 0.25) is 0 Å². The quantitative estimate of drug-likeness (QED) is 0.745. The van der Waals surface area contributed by atoms with Crippen LogP contribution in [-0.4, -0.2) is 6.04 Å². The van der Waals surface area contributed by atoms with Crippen molar-refractivity contribution in [3.63, 3.8) is 0 Å². The topological polar surface area (TPSA) is 12.0 Å². The summed E-state index contributed by atoms with van der Waals surface area (Å²) in [4.78, 5) is 0. The highest BCUT2D eigenvalue weighted by Crippen LogP contribution is 2.29. The molecule has 0 heterocycles. The van der Waals surface area contributed by atoms with E-state index in [0.29, 0.717) is 6.04 Å². The Bertz CT molecular complexity index is 540. The first-order valence-electron chi connectivity index (χ1n) is 7.92. The summed E-state index contributed by atoms with van der Waals surface area (Å²) >= 11 is 0. The summed E-state index contributed by atoms with van der Waals surface area (Å²) < 4.78 is 0. The van der Waals surface area contributed by atoms with Crippen molar-refractivity contribution < 1.29 is 0 Å². The van der Waals surface area contributed by atoms with Gasteiger partial charge in [-0.05, 0) is 48.4 Å². The number of aryl methyl sites for hydroxylation is 1. The molecular formula is C20H27N. The number of hydrogen-bond acceptors (Lipinski definition) is 1. The predicted molar refractivity (Wildman–Crippen MR) is 93.0 cm³/mol. The summed E-state index contributed by atoms with van der Waals surface area (Å²) in [7, 11) is 0. The molecular weight excluding hydrogens is 254 g/mol. The minimum Gasteiger partial charge on any atom is -0.383 e. The van der Waals surface area contributed by atoms with Crippen molar-refractivity contribution in [1.29, 1.82) is 0 Å². The van der Waals surface area contributed by atoms with Gasteiger partial charge in [-0.1, -0.05) is 63.2 Å². The first-order chi connectivity index (χ1) is 10.0. The Morgan fingerprint density at radius 2 is 1.57 bits per heavy atom. The lowest BCUT2D eigenvalue weighted by Crippen LogP contribution is -2.27. The van der Waals surface area contributed by atoms with Crippen LogP contribution in [0.4, 0.5) is 5.69 Å². The van der Waals surface area contributed by atoms with E-state index < -0.39 is 0 Å². The number of benzene rings is 2. The van der Waals surface area contributed by atoms with Crippen molar-refractivity contribution in [2.75, 3.05) is 5.32 Å². The van der Waals surface area contributed by atoms with Gasteiger partial charge in [-0.15, -0.1) is 0 Å². The molecule has 0 bridgehead atoms. The van der Waals surface area contributed by atoms with E-state index in [1.807, 2.05) is 0 Å². The molecule has 1 atom stereocenters. The Morgan fingerprint density at radius 1 is 0.952 bits per heavy atom. The maximum atomic E-state index is 3.62. The molecule has 0 aliphatic heterocycles. The van der Waals surface area contributed by atoms with Gasteiger partial charge in [-0.25, -0.2) is 0 Å². The van der Waals surface area contributed by atoms with Crippen LogP contribution in [0.5, 0.6) is 0 Å². The van der Waals surface area contributed by atoms with E-state index in [1.54, 1.807) is 0 Å². The molecule has 112 valence electrons. The summed E-state index contributed by atoms with van der Waals surface area (Å²) in [6, 6.07) is 20.0. The molecule has 1 unspecified atom stereocenters. The third-order valence-electron chi connectivity index (χ3n) is 4.15. The highest BCUT2D eigenvalue weighted by atomic mass is 14.9. The van der Waals surface area contributed by atoms with Crippen LogP contribution in [0.25, 0.3) is 0 Å². The van der Waals surface area contributed by atoms with Crippen LogP contribution in [0.3, 0.4) is 0 Å². The molecule has 2 aromatic carbocycles. The second-order valence-electron chi connectivity index (χ2n) is 6.55. The molecule has 0 spiro atoms. The van der Waals surface area contributed by atoms with Crippen molar-refractivity contribution in [3.8, 4) is 0 Å². The molecule has 2 rings (SSSR count). The fourth-order valence-electron chi connectivity index (χ4n) is 2.94. The van der Waals surface area contributed by atoms with E-state index >= 15 is 0 Å². The molecule has 1 N–H and O–H groups in total. The number of nitrogens with one attached hydrogen (secondary N) is 1. The molecule has 1 heteroatoms. The highest BCUT2D eigenvalue weighted by Gasteiger charge is 2.23. The third-order valence-corrected chi connectivity index (χ3v) is 4.15. The summed E-state index contributed by atoms with van der Waals surface area (Å²) in [6.45, 7) is 9.09. The van der Waals surface area contributed by atoms with Crippen LogP contribution < -0.4 is 5.32 Å². The maximum absolute atomic E-state index is 3.62. The zero-order valence-electron chi connectivity index (χ0n) is 13.7. The summed E-state index contributed by atoms with van der Waals surface area (Å²) in [5.74, 6) is 0. The van der Waals surface area contributed by atoms with Crippen LogP contribution in [0, 0.1) is 0 Å². The van der Waals surface area contributed by atoms with Crippen molar-refractivity contribution in [1.82, 2.24) is 0 Å². The molecule has 0 saturated carbocycles. The van der Waals surface area contributed by atoms with Crippen molar-refractivity contribution in [3.05, 3.63) is 65.7 Å². The fraction of sp³-hybridized carbons (Fsp3) is 0.400. The molecule has 0 fully saturated rings. The van der Waals surface area contributed by atoms with Gasteiger partial charge in [0, 0.05) is 11.7 Å². The zero-order chi connectivity index (χ0) is 15.3. The number of anilines is 1. The average Bonchev–Trinajstić information content (AvgIpc) is 2.48. The summed E-state index contributed by atoms with van der Waals surface area (Å²) in [5.41, 5.74) is 4.18.